The van der Waals surface area contributed by atoms with Crippen molar-refractivity contribution in [2.75, 3.05) is 13.2 Å². The Morgan fingerprint density at radius 3 is 2.94 bits per heavy atom. The zero-order valence-electron chi connectivity index (χ0n) is 10.2. The molecule has 96 valence electrons. The van der Waals surface area contributed by atoms with Crippen LogP contribution in [0.2, 0.25) is 0 Å². The maximum Gasteiger partial charge on any atom is 0.249 e. The molecule has 18 heavy (non-hydrogen) atoms. The molecular weight excluding hydrogens is 230 g/mol. The fraction of sp³-hybridized carbons (Fsp3) is 0.500. The van der Waals surface area contributed by atoms with Crippen molar-refractivity contribution in [3.63, 3.8) is 0 Å². The van der Waals surface area contributed by atoms with Crippen molar-refractivity contribution < 1.29 is 14.3 Å². The molecule has 3 rings (SSSR count). The van der Waals surface area contributed by atoms with E-state index in [2.05, 4.69) is 5.32 Å². The fourth-order valence-corrected chi connectivity index (χ4v) is 2.54. The molecule has 2 aliphatic heterocycles. The van der Waals surface area contributed by atoms with Crippen molar-refractivity contribution in [2.24, 2.45) is 0 Å². The van der Waals surface area contributed by atoms with Crippen LogP contribution >= 0.6 is 0 Å². The minimum absolute atomic E-state index is 0.00852. The number of rotatable bonds is 2. The number of nitrogens with one attached hydrogen (secondary N) is 1. The number of carbonyl (C=O) groups is 1. The second-order valence-electron chi connectivity index (χ2n) is 4.74. The molecule has 0 aliphatic carbocycles. The summed E-state index contributed by atoms with van der Waals surface area (Å²) >= 11 is 0. The highest BCUT2D eigenvalue weighted by molar-refractivity contribution is 5.81. The average Bonchev–Trinajstić information content (AvgIpc) is 2.93. The first kappa shape index (κ1) is 11.5. The second kappa shape index (κ2) is 4.98. The molecule has 0 aromatic heterocycles. The number of carbonyl (C=O) groups excluding carboxylic acids is 1. The van der Waals surface area contributed by atoms with E-state index in [1.165, 1.54) is 0 Å². The molecule has 4 nitrogen and oxygen atoms in total. The number of fused-ring (bicyclic) bond motifs is 1. The maximum atomic E-state index is 12.0. The summed E-state index contributed by atoms with van der Waals surface area (Å²) in [6.45, 7) is 1.34. The van der Waals surface area contributed by atoms with Crippen LogP contribution < -0.4 is 10.1 Å². The van der Waals surface area contributed by atoms with Gasteiger partial charge in [0.05, 0.1) is 12.6 Å². The highest BCUT2D eigenvalue weighted by atomic mass is 16.5. The first-order valence-corrected chi connectivity index (χ1v) is 6.48. The van der Waals surface area contributed by atoms with Gasteiger partial charge in [-0.15, -0.1) is 0 Å². The first-order chi connectivity index (χ1) is 8.84. The Morgan fingerprint density at radius 1 is 1.22 bits per heavy atom. The van der Waals surface area contributed by atoms with Crippen molar-refractivity contribution >= 4 is 5.91 Å². The van der Waals surface area contributed by atoms with E-state index in [1.54, 1.807) is 0 Å². The van der Waals surface area contributed by atoms with Crippen molar-refractivity contribution in [2.45, 2.75) is 31.4 Å². The molecule has 0 radical (unpaired) electrons. The SMILES string of the molecule is O=C(N[C@H]1CCOc2ccccc21)[C@@H]1CCCO1. The summed E-state index contributed by atoms with van der Waals surface area (Å²) in [5.74, 6) is 0.885. The van der Waals surface area contributed by atoms with E-state index in [4.69, 9.17) is 9.47 Å². The molecule has 1 N–H and O–H groups in total. The van der Waals surface area contributed by atoms with E-state index in [0.717, 1.165) is 30.6 Å². The summed E-state index contributed by atoms with van der Waals surface area (Å²) in [6.07, 6.45) is 2.36. The van der Waals surface area contributed by atoms with Crippen LogP contribution in [0.15, 0.2) is 24.3 Å². The van der Waals surface area contributed by atoms with Crippen molar-refractivity contribution in [1.82, 2.24) is 5.32 Å². The molecule has 2 aliphatic rings. The normalized spacial score (nSPS) is 26.2. The van der Waals surface area contributed by atoms with Gasteiger partial charge in [0.2, 0.25) is 5.91 Å². The molecule has 1 saturated heterocycles. The minimum atomic E-state index is -0.264. The lowest BCUT2D eigenvalue weighted by Crippen LogP contribution is -2.38. The van der Waals surface area contributed by atoms with Gasteiger partial charge in [0.25, 0.3) is 0 Å². The standard InChI is InChI=1S/C14H17NO3/c16-14(13-6-3-8-17-13)15-11-7-9-18-12-5-2-1-4-10(11)12/h1-2,4-5,11,13H,3,6-9H2,(H,15,16)/t11-,13-/m0/s1. The molecular formula is C14H17NO3. The lowest BCUT2D eigenvalue weighted by molar-refractivity contribution is -0.131. The molecule has 1 amide bonds. The number of hydrogen-bond donors (Lipinski definition) is 1. The minimum Gasteiger partial charge on any atom is -0.493 e. The van der Waals surface area contributed by atoms with Crippen LogP contribution in [0.1, 0.15) is 30.9 Å². The van der Waals surface area contributed by atoms with Gasteiger partial charge in [0.1, 0.15) is 11.9 Å². The Hall–Kier alpha value is -1.55. The quantitative estimate of drug-likeness (QED) is 0.867. The largest absolute Gasteiger partial charge is 0.493 e. The van der Waals surface area contributed by atoms with Gasteiger partial charge in [0.15, 0.2) is 0 Å². The number of ether oxygens (including phenoxy) is 2. The van der Waals surface area contributed by atoms with E-state index in [9.17, 15) is 4.79 Å². The number of benzene rings is 1. The Bertz CT molecular complexity index is 440. The summed E-state index contributed by atoms with van der Waals surface area (Å²) < 4.78 is 11.0. The van der Waals surface area contributed by atoms with Gasteiger partial charge in [-0.1, -0.05) is 18.2 Å². The van der Waals surface area contributed by atoms with Gasteiger partial charge in [-0.3, -0.25) is 4.79 Å². The van der Waals surface area contributed by atoms with Gasteiger partial charge < -0.3 is 14.8 Å². The second-order valence-corrected chi connectivity index (χ2v) is 4.74. The smallest absolute Gasteiger partial charge is 0.249 e. The summed E-state index contributed by atoms with van der Waals surface area (Å²) in [5, 5.41) is 3.07. The molecule has 2 atom stereocenters. The predicted octanol–water partition coefficient (Wildman–Crippen LogP) is 1.81. The number of para-hydroxylation sites is 1. The Labute approximate surface area is 106 Å². The van der Waals surface area contributed by atoms with Crippen molar-refractivity contribution in [1.29, 1.82) is 0 Å². The Balaban J connectivity index is 1.72. The van der Waals surface area contributed by atoms with Crippen LogP contribution in [-0.4, -0.2) is 25.2 Å². The fourth-order valence-electron chi connectivity index (χ4n) is 2.54. The lowest BCUT2D eigenvalue weighted by Gasteiger charge is -2.27. The predicted molar refractivity (Wildman–Crippen MR) is 66.4 cm³/mol. The summed E-state index contributed by atoms with van der Waals surface area (Å²) in [4.78, 5) is 12.0. The first-order valence-electron chi connectivity index (χ1n) is 6.48. The highest BCUT2D eigenvalue weighted by Crippen LogP contribution is 2.31. The molecule has 4 heteroatoms. The molecule has 0 bridgehead atoms. The monoisotopic (exact) mass is 247 g/mol. The van der Waals surface area contributed by atoms with Gasteiger partial charge in [-0.25, -0.2) is 0 Å². The zero-order chi connectivity index (χ0) is 12.4. The molecule has 1 fully saturated rings. The van der Waals surface area contributed by atoms with Crippen molar-refractivity contribution in [3.8, 4) is 5.75 Å². The van der Waals surface area contributed by atoms with Crippen molar-refractivity contribution in [3.05, 3.63) is 29.8 Å². The van der Waals surface area contributed by atoms with E-state index >= 15 is 0 Å². The Kier molecular flexibility index (Phi) is 3.19. The maximum absolute atomic E-state index is 12.0. The van der Waals surface area contributed by atoms with Crippen LogP contribution in [-0.2, 0) is 9.53 Å². The van der Waals surface area contributed by atoms with E-state index in [-0.39, 0.29) is 18.1 Å². The zero-order valence-corrected chi connectivity index (χ0v) is 10.2. The average molecular weight is 247 g/mol. The summed E-state index contributed by atoms with van der Waals surface area (Å²) in [7, 11) is 0. The van der Waals surface area contributed by atoms with E-state index < -0.39 is 0 Å². The van der Waals surface area contributed by atoms with Crippen LogP contribution in [0.3, 0.4) is 0 Å². The lowest BCUT2D eigenvalue weighted by atomic mass is 10.0. The van der Waals surface area contributed by atoms with Gasteiger partial charge >= 0.3 is 0 Å². The van der Waals surface area contributed by atoms with Gasteiger partial charge in [0, 0.05) is 18.6 Å². The Morgan fingerprint density at radius 2 is 2.11 bits per heavy atom. The van der Waals surface area contributed by atoms with Gasteiger partial charge in [-0.2, -0.15) is 0 Å². The third-order valence-electron chi connectivity index (χ3n) is 3.50. The molecule has 1 aromatic rings. The van der Waals surface area contributed by atoms with Crippen LogP contribution in [0.5, 0.6) is 5.75 Å². The van der Waals surface area contributed by atoms with Crippen LogP contribution in [0, 0.1) is 0 Å². The van der Waals surface area contributed by atoms with E-state index in [0.29, 0.717) is 13.2 Å². The summed E-state index contributed by atoms with van der Waals surface area (Å²) in [5.41, 5.74) is 1.06. The topological polar surface area (TPSA) is 47.6 Å². The molecule has 0 unspecified atom stereocenters. The molecule has 2 heterocycles. The van der Waals surface area contributed by atoms with Crippen LogP contribution in [0.4, 0.5) is 0 Å². The van der Waals surface area contributed by atoms with Gasteiger partial charge in [-0.05, 0) is 18.9 Å². The van der Waals surface area contributed by atoms with Crippen LogP contribution in [0.25, 0.3) is 0 Å². The van der Waals surface area contributed by atoms with E-state index in [1.807, 2.05) is 24.3 Å². The molecule has 1 aromatic carbocycles. The molecule has 0 spiro atoms. The third-order valence-corrected chi connectivity index (χ3v) is 3.50. The number of hydrogen-bond acceptors (Lipinski definition) is 3. The third kappa shape index (κ3) is 2.20. The highest BCUT2D eigenvalue weighted by Gasteiger charge is 2.28. The number of amides is 1. The summed E-state index contributed by atoms with van der Waals surface area (Å²) in [6, 6.07) is 7.92. The molecule has 0 saturated carbocycles.